The monoisotopic (exact) mass is 237 g/mol. The van der Waals surface area contributed by atoms with Gasteiger partial charge in [-0.2, -0.15) is 0 Å². The topological polar surface area (TPSA) is 59.0 Å². The van der Waals surface area contributed by atoms with E-state index in [9.17, 15) is 4.79 Å². The maximum absolute atomic E-state index is 10.4. The molecular weight excluding hydrogens is 222 g/mol. The van der Waals surface area contributed by atoms with Gasteiger partial charge in [-0.3, -0.25) is 0 Å². The fourth-order valence-electron chi connectivity index (χ4n) is 1.74. The molecule has 5 nitrogen and oxygen atoms in total. The minimum atomic E-state index is -0.971. The maximum atomic E-state index is 10.4. The van der Waals surface area contributed by atoms with Gasteiger partial charge in [0.2, 0.25) is 0 Å². The molecule has 1 aliphatic rings. The van der Waals surface area contributed by atoms with Gasteiger partial charge < -0.3 is 19.5 Å². The fourth-order valence-corrected chi connectivity index (χ4v) is 1.74. The van der Waals surface area contributed by atoms with Crippen LogP contribution in [0, 0.1) is 0 Å². The van der Waals surface area contributed by atoms with E-state index in [2.05, 4.69) is 4.90 Å². The minimum Gasteiger partial charge on any atom is -0.482 e. The van der Waals surface area contributed by atoms with Gasteiger partial charge in [0, 0.05) is 24.8 Å². The van der Waals surface area contributed by atoms with E-state index >= 15 is 0 Å². The molecule has 1 heterocycles. The van der Waals surface area contributed by atoms with E-state index in [0.29, 0.717) is 5.75 Å². The number of ether oxygens (including phenoxy) is 2. The molecule has 1 aromatic rings. The number of morpholine rings is 1. The highest BCUT2D eigenvalue weighted by molar-refractivity contribution is 5.68. The number of nitrogens with zero attached hydrogens (tertiary/aromatic N) is 1. The van der Waals surface area contributed by atoms with Gasteiger partial charge in [-0.15, -0.1) is 0 Å². The quantitative estimate of drug-likeness (QED) is 0.846. The Morgan fingerprint density at radius 1 is 1.41 bits per heavy atom. The zero-order valence-electron chi connectivity index (χ0n) is 9.46. The summed E-state index contributed by atoms with van der Waals surface area (Å²) in [7, 11) is 0. The Balaban J connectivity index is 2.02. The van der Waals surface area contributed by atoms with Gasteiger partial charge in [0.1, 0.15) is 5.75 Å². The zero-order valence-corrected chi connectivity index (χ0v) is 9.46. The van der Waals surface area contributed by atoms with Crippen LogP contribution in [0.5, 0.6) is 5.75 Å². The van der Waals surface area contributed by atoms with Crippen molar-refractivity contribution in [3.05, 3.63) is 24.3 Å². The summed E-state index contributed by atoms with van der Waals surface area (Å²) in [5, 5.41) is 8.54. The SMILES string of the molecule is O=C(O)COc1cccc(N2CCOCC2)c1. The molecule has 0 aliphatic carbocycles. The summed E-state index contributed by atoms with van der Waals surface area (Å²) in [6, 6.07) is 7.46. The van der Waals surface area contributed by atoms with Gasteiger partial charge in [-0.05, 0) is 12.1 Å². The van der Waals surface area contributed by atoms with Crippen molar-refractivity contribution in [3.8, 4) is 5.75 Å². The van der Waals surface area contributed by atoms with Crippen molar-refractivity contribution in [2.24, 2.45) is 0 Å². The van der Waals surface area contributed by atoms with Gasteiger partial charge in [-0.1, -0.05) is 6.07 Å². The van der Waals surface area contributed by atoms with E-state index in [4.69, 9.17) is 14.6 Å². The summed E-state index contributed by atoms with van der Waals surface area (Å²) in [5.74, 6) is -0.391. The van der Waals surface area contributed by atoms with Gasteiger partial charge in [0.05, 0.1) is 13.2 Å². The molecule has 2 rings (SSSR count). The van der Waals surface area contributed by atoms with Crippen molar-refractivity contribution in [3.63, 3.8) is 0 Å². The predicted molar refractivity (Wildman–Crippen MR) is 62.6 cm³/mol. The second kappa shape index (κ2) is 5.54. The summed E-state index contributed by atoms with van der Waals surface area (Å²) in [5.41, 5.74) is 1.04. The molecule has 5 heteroatoms. The molecule has 17 heavy (non-hydrogen) atoms. The van der Waals surface area contributed by atoms with Gasteiger partial charge in [0.15, 0.2) is 6.61 Å². The maximum Gasteiger partial charge on any atom is 0.341 e. The Labute approximate surface area is 99.6 Å². The average Bonchev–Trinajstić information content (AvgIpc) is 2.38. The van der Waals surface area contributed by atoms with Crippen molar-refractivity contribution in [2.75, 3.05) is 37.8 Å². The summed E-state index contributed by atoms with van der Waals surface area (Å²) < 4.78 is 10.4. The lowest BCUT2D eigenvalue weighted by Crippen LogP contribution is -2.36. The van der Waals surface area contributed by atoms with E-state index in [-0.39, 0.29) is 6.61 Å². The Morgan fingerprint density at radius 2 is 2.18 bits per heavy atom. The first-order valence-electron chi connectivity index (χ1n) is 5.53. The second-order valence-electron chi connectivity index (χ2n) is 3.78. The number of carboxylic acid groups (broad SMARTS) is 1. The van der Waals surface area contributed by atoms with Crippen molar-refractivity contribution in [1.29, 1.82) is 0 Å². The third-order valence-corrected chi connectivity index (χ3v) is 2.56. The lowest BCUT2D eigenvalue weighted by molar-refractivity contribution is -0.139. The van der Waals surface area contributed by atoms with Crippen LogP contribution < -0.4 is 9.64 Å². The Morgan fingerprint density at radius 3 is 2.88 bits per heavy atom. The summed E-state index contributed by atoms with van der Waals surface area (Å²) in [6.45, 7) is 2.83. The highest BCUT2D eigenvalue weighted by Crippen LogP contribution is 2.21. The van der Waals surface area contributed by atoms with Gasteiger partial charge >= 0.3 is 5.97 Å². The fraction of sp³-hybridized carbons (Fsp3) is 0.417. The molecule has 0 spiro atoms. The standard InChI is InChI=1S/C12H15NO4/c14-12(15)9-17-11-3-1-2-10(8-11)13-4-6-16-7-5-13/h1-3,8H,4-7,9H2,(H,14,15). The molecule has 0 saturated carbocycles. The molecule has 0 aromatic heterocycles. The van der Waals surface area contributed by atoms with Crippen LogP contribution in [0.3, 0.4) is 0 Å². The molecule has 1 N–H and O–H groups in total. The molecule has 1 aromatic carbocycles. The Kier molecular flexibility index (Phi) is 3.82. The first kappa shape index (κ1) is 11.7. The highest BCUT2D eigenvalue weighted by atomic mass is 16.5. The average molecular weight is 237 g/mol. The number of anilines is 1. The first-order chi connectivity index (χ1) is 8.25. The molecule has 0 unspecified atom stereocenters. The van der Waals surface area contributed by atoms with Crippen LogP contribution in [0.15, 0.2) is 24.3 Å². The van der Waals surface area contributed by atoms with E-state index in [1.54, 1.807) is 6.07 Å². The van der Waals surface area contributed by atoms with Crippen molar-refractivity contribution < 1.29 is 19.4 Å². The lowest BCUT2D eigenvalue weighted by Gasteiger charge is -2.29. The minimum absolute atomic E-state index is 0.313. The van der Waals surface area contributed by atoms with Crippen LogP contribution in [-0.4, -0.2) is 44.0 Å². The first-order valence-corrected chi connectivity index (χ1v) is 5.53. The normalized spacial score (nSPS) is 15.6. The van der Waals surface area contributed by atoms with Crippen LogP contribution in [0.4, 0.5) is 5.69 Å². The van der Waals surface area contributed by atoms with Crippen molar-refractivity contribution in [2.45, 2.75) is 0 Å². The molecule has 0 amide bonds. The number of hydrogen-bond donors (Lipinski definition) is 1. The molecule has 1 aliphatic heterocycles. The van der Waals surface area contributed by atoms with Crippen LogP contribution in [0.1, 0.15) is 0 Å². The van der Waals surface area contributed by atoms with E-state index in [1.165, 1.54) is 0 Å². The number of carbonyl (C=O) groups is 1. The molecule has 1 fully saturated rings. The van der Waals surface area contributed by atoms with Crippen LogP contribution in [0.25, 0.3) is 0 Å². The molecule has 0 radical (unpaired) electrons. The van der Waals surface area contributed by atoms with E-state index in [0.717, 1.165) is 32.0 Å². The van der Waals surface area contributed by atoms with E-state index in [1.807, 2.05) is 18.2 Å². The summed E-state index contributed by atoms with van der Waals surface area (Å²) >= 11 is 0. The molecule has 92 valence electrons. The smallest absolute Gasteiger partial charge is 0.341 e. The number of benzene rings is 1. The Bertz CT molecular complexity index is 388. The molecule has 0 atom stereocenters. The van der Waals surface area contributed by atoms with Crippen LogP contribution >= 0.6 is 0 Å². The largest absolute Gasteiger partial charge is 0.482 e. The summed E-state index contributed by atoms with van der Waals surface area (Å²) in [4.78, 5) is 12.6. The van der Waals surface area contributed by atoms with Crippen molar-refractivity contribution >= 4 is 11.7 Å². The van der Waals surface area contributed by atoms with Crippen LogP contribution in [0.2, 0.25) is 0 Å². The number of hydrogen-bond acceptors (Lipinski definition) is 4. The van der Waals surface area contributed by atoms with E-state index < -0.39 is 5.97 Å². The molecule has 0 bridgehead atoms. The third kappa shape index (κ3) is 3.35. The van der Waals surface area contributed by atoms with Gasteiger partial charge in [-0.25, -0.2) is 4.79 Å². The molecule has 1 saturated heterocycles. The number of rotatable bonds is 4. The third-order valence-electron chi connectivity index (χ3n) is 2.56. The zero-order chi connectivity index (χ0) is 12.1. The molecular formula is C12H15NO4. The predicted octanol–water partition coefficient (Wildman–Crippen LogP) is 0.987. The van der Waals surface area contributed by atoms with Crippen LogP contribution in [-0.2, 0) is 9.53 Å². The Hall–Kier alpha value is -1.75. The van der Waals surface area contributed by atoms with Gasteiger partial charge in [0.25, 0.3) is 0 Å². The van der Waals surface area contributed by atoms with Crippen molar-refractivity contribution in [1.82, 2.24) is 0 Å². The summed E-state index contributed by atoms with van der Waals surface area (Å²) in [6.07, 6.45) is 0. The number of carboxylic acids is 1. The lowest BCUT2D eigenvalue weighted by atomic mass is 10.2. The number of aliphatic carboxylic acids is 1. The highest BCUT2D eigenvalue weighted by Gasteiger charge is 2.11. The second-order valence-corrected chi connectivity index (χ2v) is 3.78.